The van der Waals surface area contributed by atoms with E-state index in [2.05, 4.69) is 69.4 Å². The van der Waals surface area contributed by atoms with Crippen molar-refractivity contribution in [3.63, 3.8) is 0 Å². The van der Waals surface area contributed by atoms with Crippen molar-refractivity contribution in [3.05, 3.63) is 48.6 Å². The zero-order valence-corrected chi connectivity index (χ0v) is 44.7. The van der Waals surface area contributed by atoms with Gasteiger partial charge in [-0.3, -0.25) is 14.4 Å². The summed E-state index contributed by atoms with van der Waals surface area (Å²) in [6.07, 6.45) is 68.1. The van der Waals surface area contributed by atoms with Crippen LogP contribution >= 0.6 is 0 Å². The van der Waals surface area contributed by atoms with Crippen LogP contribution in [0.25, 0.3) is 0 Å². The average Bonchev–Trinajstić information content (AvgIpc) is 3.33. The van der Waals surface area contributed by atoms with Crippen molar-refractivity contribution < 1.29 is 28.6 Å². The molecule has 0 aromatic rings. The van der Waals surface area contributed by atoms with E-state index < -0.39 is 6.10 Å². The Kier molecular flexibility index (Phi) is 53.8. The standard InChI is InChI=1S/C61H110O6/c1-4-7-10-13-16-19-22-25-28-30-31-34-36-39-42-45-48-51-54-60(63)66-57-58(56-65-59(62)53-50-47-44-41-38-35-32-27-24-21-18-15-12-9-6-3)67-61(64)55-52-49-46-43-40-37-33-29-26-23-20-17-14-11-8-5-2/h28-31,33-34,37,40,58H,4-27,32,35-36,38-39,41-57H2,1-3H3/b30-28-,33-29-,34-31-,40-37-. The number of unbranched alkanes of at least 4 members (excludes halogenated alkanes) is 36. The van der Waals surface area contributed by atoms with Crippen molar-refractivity contribution in [1.29, 1.82) is 0 Å². The van der Waals surface area contributed by atoms with E-state index in [9.17, 15) is 14.4 Å². The number of carbonyl (C=O) groups excluding carboxylic acids is 3. The van der Waals surface area contributed by atoms with Gasteiger partial charge in [-0.2, -0.15) is 0 Å². The van der Waals surface area contributed by atoms with Gasteiger partial charge in [0.05, 0.1) is 0 Å². The van der Waals surface area contributed by atoms with E-state index in [0.29, 0.717) is 19.3 Å². The molecule has 0 spiro atoms. The average molecular weight is 940 g/mol. The van der Waals surface area contributed by atoms with Gasteiger partial charge in [-0.1, -0.05) is 262 Å². The predicted octanol–water partition coefficient (Wildman–Crippen LogP) is 19.4. The minimum absolute atomic E-state index is 0.0860. The van der Waals surface area contributed by atoms with Crippen LogP contribution in [-0.4, -0.2) is 37.2 Å². The van der Waals surface area contributed by atoms with E-state index >= 15 is 0 Å². The molecular weight excluding hydrogens is 829 g/mol. The monoisotopic (exact) mass is 939 g/mol. The Morgan fingerprint density at radius 3 is 0.806 bits per heavy atom. The van der Waals surface area contributed by atoms with Gasteiger partial charge < -0.3 is 14.2 Å². The molecule has 0 radical (unpaired) electrons. The van der Waals surface area contributed by atoms with Crippen LogP contribution in [0.5, 0.6) is 0 Å². The van der Waals surface area contributed by atoms with Gasteiger partial charge in [0.2, 0.25) is 0 Å². The Labute approximate surface area is 416 Å². The molecule has 0 aliphatic carbocycles. The summed E-state index contributed by atoms with van der Waals surface area (Å²) in [5.41, 5.74) is 0. The molecule has 0 rings (SSSR count). The molecule has 0 amide bonds. The zero-order valence-electron chi connectivity index (χ0n) is 44.7. The Balaban J connectivity index is 4.42. The Bertz CT molecular complexity index is 1170. The Morgan fingerprint density at radius 1 is 0.299 bits per heavy atom. The fourth-order valence-corrected chi connectivity index (χ4v) is 8.43. The summed E-state index contributed by atoms with van der Waals surface area (Å²) in [5, 5.41) is 0. The molecule has 0 aliphatic heterocycles. The summed E-state index contributed by atoms with van der Waals surface area (Å²) in [6, 6.07) is 0. The first-order chi connectivity index (χ1) is 33.0. The highest BCUT2D eigenvalue weighted by Crippen LogP contribution is 2.16. The summed E-state index contributed by atoms with van der Waals surface area (Å²) in [4.78, 5) is 38.1. The molecule has 390 valence electrons. The normalized spacial score (nSPS) is 12.3. The molecular formula is C61H110O6. The lowest BCUT2D eigenvalue weighted by molar-refractivity contribution is -0.167. The minimum Gasteiger partial charge on any atom is -0.462 e. The number of ether oxygens (including phenoxy) is 3. The van der Waals surface area contributed by atoms with Crippen molar-refractivity contribution in [2.45, 2.75) is 309 Å². The topological polar surface area (TPSA) is 78.9 Å². The number of esters is 3. The van der Waals surface area contributed by atoms with Crippen LogP contribution in [0.2, 0.25) is 0 Å². The number of carbonyl (C=O) groups is 3. The molecule has 0 heterocycles. The third-order valence-electron chi connectivity index (χ3n) is 12.9. The number of allylic oxidation sites excluding steroid dienone is 8. The highest BCUT2D eigenvalue weighted by molar-refractivity contribution is 5.71. The van der Waals surface area contributed by atoms with Gasteiger partial charge in [-0.05, 0) is 70.6 Å². The van der Waals surface area contributed by atoms with Gasteiger partial charge >= 0.3 is 17.9 Å². The molecule has 0 aromatic heterocycles. The smallest absolute Gasteiger partial charge is 0.306 e. The molecule has 0 aliphatic rings. The lowest BCUT2D eigenvalue weighted by Crippen LogP contribution is -2.30. The Morgan fingerprint density at radius 2 is 0.522 bits per heavy atom. The number of hydrogen-bond acceptors (Lipinski definition) is 6. The van der Waals surface area contributed by atoms with E-state index in [4.69, 9.17) is 14.2 Å². The first-order valence-corrected chi connectivity index (χ1v) is 29.2. The first kappa shape index (κ1) is 64.4. The van der Waals surface area contributed by atoms with Crippen LogP contribution in [0.3, 0.4) is 0 Å². The van der Waals surface area contributed by atoms with Crippen LogP contribution in [0.1, 0.15) is 303 Å². The third kappa shape index (κ3) is 54.2. The molecule has 0 aromatic carbocycles. The summed E-state index contributed by atoms with van der Waals surface area (Å²) < 4.78 is 16.8. The highest BCUT2D eigenvalue weighted by Gasteiger charge is 2.19. The van der Waals surface area contributed by atoms with Crippen molar-refractivity contribution in [2.24, 2.45) is 0 Å². The molecule has 0 N–H and O–H groups in total. The van der Waals surface area contributed by atoms with Crippen LogP contribution in [0.4, 0.5) is 0 Å². The largest absolute Gasteiger partial charge is 0.462 e. The van der Waals surface area contributed by atoms with Gasteiger partial charge in [0.25, 0.3) is 0 Å². The summed E-state index contributed by atoms with van der Waals surface area (Å²) in [7, 11) is 0. The minimum atomic E-state index is -0.791. The van der Waals surface area contributed by atoms with Crippen LogP contribution in [-0.2, 0) is 28.6 Å². The molecule has 6 heteroatoms. The number of hydrogen-bond donors (Lipinski definition) is 0. The SMILES string of the molecule is CCCCCCCCC/C=C\C=C/CCCCCCCC(=O)OCC(COC(=O)CCCCCCCCCCCCCCCCC)OC(=O)CCCCC/C=C\C=C/CCCCCCCCC. The maximum absolute atomic E-state index is 12.8. The van der Waals surface area contributed by atoms with E-state index in [1.165, 1.54) is 173 Å². The Hall–Kier alpha value is -2.63. The predicted molar refractivity (Wildman–Crippen MR) is 289 cm³/mol. The quantitative estimate of drug-likeness (QED) is 0.0262. The van der Waals surface area contributed by atoms with Crippen molar-refractivity contribution in [1.82, 2.24) is 0 Å². The van der Waals surface area contributed by atoms with Crippen LogP contribution < -0.4 is 0 Å². The second-order valence-corrected chi connectivity index (χ2v) is 19.6. The summed E-state index contributed by atoms with van der Waals surface area (Å²) in [5.74, 6) is -0.914. The van der Waals surface area contributed by atoms with Crippen LogP contribution in [0, 0.1) is 0 Å². The van der Waals surface area contributed by atoms with Crippen LogP contribution in [0.15, 0.2) is 48.6 Å². The molecule has 1 atom stereocenters. The highest BCUT2D eigenvalue weighted by atomic mass is 16.6. The fourth-order valence-electron chi connectivity index (χ4n) is 8.43. The molecule has 1 unspecified atom stereocenters. The van der Waals surface area contributed by atoms with Gasteiger partial charge in [0.1, 0.15) is 13.2 Å². The first-order valence-electron chi connectivity index (χ1n) is 29.2. The van der Waals surface area contributed by atoms with Crippen molar-refractivity contribution >= 4 is 17.9 Å². The third-order valence-corrected chi connectivity index (χ3v) is 12.9. The molecule has 67 heavy (non-hydrogen) atoms. The molecule has 0 bridgehead atoms. The molecule has 0 fully saturated rings. The summed E-state index contributed by atoms with van der Waals surface area (Å²) in [6.45, 7) is 6.63. The maximum atomic E-state index is 12.8. The van der Waals surface area contributed by atoms with E-state index in [-0.39, 0.29) is 31.1 Å². The number of rotatable bonds is 53. The summed E-state index contributed by atoms with van der Waals surface area (Å²) >= 11 is 0. The molecule has 0 saturated carbocycles. The van der Waals surface area contributed by atoms with E-state index in [0.717, 1.165) is 89.9 Å². The van der Waals surface area contributed by atoms with E-state index in [1.807, 2.05) is 0 Å². The van der Waals surface area contributed by atoms with Gasteiger partial charge in [-0.25, -0.2) is 0 Å². The second kappa shape index (κ2) is 56.0. The lowest BCUT2D eigenvalue weighted by atomic mass is 10.0. The molecule has 0 saturated heterocycles. The van der Waals surface area contributed by atoms with Gasteiger partial charge in [0.15, 0.2) is 6.10 Å². The molecule has 6 nitrogen and oxygen atoms in total. The second-order valence-electron chi connectivity index (χ2n) is 19.6. The maximum Gasteiger partial charge on any atom is 0.306 e. The fraction of sp³-hybridized carbons (Fsp3) is 0.820. The van der Waals surface area contributed by atoms with Gasteiger partial charge in [-0.15, -0.1) is 0 Å². The van der Waals surface area contributed by atoms with Crippen molar-refractivity contribution in [2.75, 3.05) is 13.2 Å². The lowest BCUT2D eigenvalue weighted by Gasteiger charge is -2.18. The zero-order chi connectivity index (χ0) is 48.6. The van der Waals surface area contributed by atoms with E-state index in [1.54, 1.807) is 0 Å². The van der Waals surface area contributed by atoms with Crippen molar-refractivity contribution in [3.8, 4) is 0 Å². The van der Waals surface area contributed by atoms with Gasteiger partial charge in [0, 0.05) is 19.3 Å².